The van der Waals surface area contributed by atoms with E-state index >= 15 is 0 Å². The molecule has 0 atom stereocenters. The van der Waals surface area contributed by atoms with E-state index in [2.05, 4.69) is 192 Å². The molecule has 260 valence electrons. The number of fused-ring (bicyclic) bond motifs is 4. The fourth-order valence-corrected chi connectivity index (χ4v) is 7.58. The summed E-state index contributed by atoms with van der Waals surface area (Å²) in [6.45, 7) is 0. The zero-order valence-electron chi connectivity index (χ0n) is 30.0. The summed E-state index contributed by atoms with van der Waals surface area (Å²) in [4.78, 5) is 9.82. The molecule has 10 rings (SSSR count). The molecule has 0 fully saturated rings. The summed E-state index contributed by atoms with van der Waals surface area (Å²) in [6, 6.07) is 74.6. The van der Waals surface area contributed by atoms with Gasteiger partial charge in [-0.05, 0) is 94.7 Å². The Morgan fingerprint density at radius 2 is 0.855 bits per heavy atom. The molecule has 0 radical (unpaired) electrons. The summed E-state index contributed by atoms with van der Waals surface area (Å²) in [5, 5.41) is 4.44. The van der Waals surface area contributed by atoms with Crippen LogP contribution in [-0.4, -0.2) is 4.98 Å². The van der Waals surface area contributed by atoms with Crippen molar-refractivity contribution >= 4 is 66.8 Å². The zero-order valence-corrected chi connectivity index (χ0v) is 30.0. The Hall–Kier alpha value is -7.43. The summed E-state index contributed by atoms with van der Waals surface area (Å²) >= 11 is 0. The summed E-state index contributed by atoms with van der Waals surface area (Å²) < 4.78 is 6.67. The third-order valence-electron chi connectivity index (χ3n) is 10.2. The standard InChI is InChI=1S/C51H35N3O/c1-5-15-36(16-6-1)38-25-28-43(29-26-38)53(41-21-9-3-10-22-41)45-31-32-46-47(34-45)50-49(55-51(52-50)39-18-7-2-8-19-39)35-48(46)54(42-23-11-4-12-24-42)44-30-27-37-17-13-14-20-40(37)33-44/h1-35H. The van der Waals surface area contributed by atoms with Gasteiger partial charge in [0.05, 0.1) is 5.69 Å². The topological polar surface area (TPSA) is 32.5 Å². The molecule has 9 aromatic carbocycles. The van der Waals surface area contributed by atoms with Gasteiger partial charge < -0.3 is 14.2 Å². The zero-order chi connectivity index (χ0) is 36.6. The number of nitrogens with zero attached hydrogens (tertiary/aromatic N) is 3. The van der Waals surface area contributed by atoms with Crippen LogP contribution < -0.4 is 9.80 Å². The number of anilines is 6. The molecular weight excluding hydrogens is 671 g/mol. The first kappa shape index (κ1) is 32.2. The summed E-state index contributed by atoms with van der Waals surface area (Å²) in [6.07, 6.45) is 0. The van der Waals surface area contributed by atoms with E-state index < -0.39 is 0 Å². The van der Waals surface area contributed by atoms with Gasteiger partial charge in [-0.2, -0.15) is 0 Å². The molecule has 0 amide bonds. The molecule has 55 heavy (non-hydrogen) atoms. The SMILES string of the molecule is c1ccc(-c2ccc(N(c3ccccc3)c3ccc4c(N(c5ccccc5)c5ccc6ccccc6c5)cc5oc(-c6ccccc6)nc5c4c3)cc2)cc1. The number of aromatic nitrogens is 1. The number of oxazole rings is 1. The average molecular weight is 706 g/mol. The highest BCUT2D eigenvalue weighted by Gasteiger charge is 2.22. The van der Waals surface area contributed by atoms with Crippen molar-refractivity contribution in [3.8, 4) is 22.6 Å². The molecule has 4 heteroatoms. The van der Waals surface area contributed by atoms with Crippen LogP contribution in [0.15, 0.2) is 217 Å². The number of hydrogen-bond acceptors (Lipinski definition) is 4. The van der Waals surface area contributed by atoms with Gasteiger partial charge in [0.15, 0.2) is 5.58 Å². The molecule has 10 aromatic rings. The fourth-order valence-electron chi connectivity index (χ4n) is 7.58. The third-order valence-corrected chi connectivity index (χ3v) is 10.2. The lowest BCUT2D eigenvalue weighted by Gasteiger charge is -2.28. The molecular formula is C51H35N3O. The number of benzene rings is 9. The van der Waals surface area contributed by atoms with Crippen molar-refractivity contribution in [3.05, 3.63) is 212 Å². The maximum absolute atomic E-state index is 6.67. The van der Waals surface area contributed by atoms with Crippen LogP contribution in [0.4, 0.5) is 34.1 Å². The minimum atomic E-state index is 0.591. The lowest BCUT2D eigenvalue weighted by Crippen LogP contribution is -2.11. The molecule has 0 saturated carbocycles. The Bertz CT molecular complexity index is 2910. The normalized spacial score (nSPS) is 11.3. The van der Waals surface area contributed by atoms with E-state index in [4.69, 9.17) is 9.40 Å². The van der Waals surface area contributed by atoms with Gasteiger partial charge in [-0.1, -0.05) is 133 Å². The van der Waals surface area contributed by atoms with Crippen molar-refractivity contribution in [2.24, 2.45) is 0 Å². The molecule has 0 saturated heterocycles. The second kappa shape index (κ2) is 13.8. The second-order valence-corrected chi connectivity index (χ2v) is 13.6. The maximum Gasteiger partial charge on any atom is 0.227 e. The van der Waals surface area contributed by atoms with Crippen LogP contribution in [0.2, 0.25) is 0 Å². The minimum absolute atomic E-state index is 0.591. The lowest BCUT2D eigenvalue weighted by atomic mass is 10.0. The van der Waals surface area contributed by atoms with Gasteiger partial charge in [0.1, 0.15) is 5.52 Å². The molecule has 0 aliphatic heterocycles. The highest BCUT2D eigenvalue weighted by molar-refractivity contribution is 6.13. The highest BCUT2D eigenvalue weighted by Crippen LogP contribution is 2.45. The van der Waals surface area contributed by atoms with Gasteiger partial charge in [-0.15, -0.1) is 0 Å². The maximum atomic E-state index is 6.67. The Labute approximate surface area is 319 Å². The predicted molar refractivity (Wildman–Crippen MR) is 229 cm³/mol. The highest BCUT2D eigenvalue weighted by atomic mass is 16.3. The number of rotatable bonds is 8. The monoisotopic (exact) mass is 705 g/mol. The Kier molecular flexibility index (Phi) is 8.12. The Morgan fingerprint density at radius 1 is 0.345 bits per heavy atom. The molecule has 0 N–H and O–H groups in total. The molecule has 4 nitrogen and oxygen atoms in total. The fraction of sp³-hybridized carbons (Fsp3) is 0. The van der Waals surface area contributed by atoms with Gasteiger partial charge in [0.25, 0.3) is 0 Å². The molecule has 1 heterocycles. The molecule has 1 aromatic heterocycles. The van der Waals surface area contributed by atoms with Crippen LogP contribution in [0, 0.1) is 0 Å². The smallest absolute Gasteiger partial charge is 0.227 e. The van der Waals surface area contributed by atoms with E-state index in [-0.39, 0.29) is 0 Å². The summed E-state index contributed by atoms with van der Waals surface area (Å²) in [7, 11) is 0. The van der Waals surface area contributed by atoms with Crippen molar-refractivity contribution in [2.45, 2.75) is 0 Å². The van der Waals surface area contributed by atoms with E-state index in [1.807, 2.05) is 30.3 Å². The first-order chi connectivity index (χ1) is 27.3. The Balaban J connectivity index is 1.21. The van der Waals surface area contributed by atoms with Gasteiger partial charge in [0, 0.05) is 50.8 Å². The largest absolute Gasteiger partial charge is 0.436 e. The molecule has 0 aliphatic carbocycles. The van der Waals surface area contributed by atoms with E-state index in [0.29, 0.717) is 5.89 Å². The van der Waals surface area contributed by atoms with Gasteiger partial charge >= 0.3 is 0 Å². The van der Waals surface area contributed by atoms with Gasteiger partial charge in [-0.3, -0.25) is 0 Å². The van der Waals surface area contributed by atoms with E-state index in [9.17, 15) is 0 Å². The van der Waals surface area contributed by atoms with Crippen LogP contribution in [0.1, 0.15) is 0 Å². The van der Waals surface area contributed by atoms with Crippen LogP contribution in [0.3, 0.4) is 0 Å². The first-order valence-corrected chi connectivity index (χ1v) is 18.5. The number of para-hydroxylation sites is 2. The second-order valence-electron chi connectivity index (χ2n) is 13.6. The van der Waals surface area contributed by atoms with Crippen LogP contribution in [0.5, 0.6) is 0 Å². The van der Waals surface area contributed by atoms with E-state index in [1.54, 1.807) is 0 Å². The van der Waals surface area contributed by atoms with Crippen LogP contribution >= 0.6 is 0 Å². The van der Waals surface area contributed by atoms with Crippen LogP contribution in [0.25, 0.3) is 55.2 Å². The number of hydrogen-bond donors (Lipinski definition) is 0. The first-order valence-electron chi connectivity index (χ1n) is 18.5. The Morgan fingerprint density at radius 3 is 1.55 bits per heavy atom. The van der Waals surface area contributed by atoms with Crippen LogP contribution in [-0.2, 0) is 0 Å². The van der Waals surface area contributed by atoms with E-state index in [1.165, 1.54) is 21.9 Å². The lowest BCUT2D eigenvalue weighted by molar-refractivity contribution is 0.620. The van der Waals surface area contributed by atoms with Crippen molar-refractivity contribution < 1.29 is 4.42 Å². The minimum Gasteiger partial charge on any atom is -0.436 e. The third kappa shape index (κ3) is 6.06. The van der Waals surface area contributed by atoms with Gasteiger partial charge in [0.2, 0.25) is 5.89 Å². The molecule has 0 bridgehead atoms. The summed E-state index contributed by atoms with van der Waals surface area (Å²) in [5.74, 6) is 0.591. The molecule has 0 spiro atoms. The quantitative estimate of drug-likeness (QED) is 0.158. The van der Waals surface area contributed by atoms with Crippen molar-refractivity contribution in [1.29, 1.82) is 0 Å². The molecule has 0 unspecified atom stereocenters. The van der Waals surface area contributed by atoms with Crippen molar-refractivity contribution in [1.82, 2.24) is 4.98 Å². The van der Waals surface area contributed by atoms with Gasteiger partial charge in [-0.25, -0.2) is 4.98 Å². The summed E-state index contributed by atoms with van der Waals surface area (Å²) in [5.41, 5.74) is 11.1. The van der Waals surface area contributed by atoms with E-state index in [0.717, 1.165) is 61.6 Å². The average Bonchev–Trinajstić information content (AvgIpc) is 3.70. The van der Waals surface area contributed by atoms with Crippen molar-refractivity contribution in [2.75, 3.05) is 9.80 Å². The van der Waals surface area contributed by atoms with Crippen molar-refractivity contribution in [3.63, 3.8) is 0 Å². The predicted octanol–water partition coefficient (Wildman–Crippen LogP) is 14.4. The molecule has 0 aliphatic rings.